The Kier molecular flexibility index (Phi) is 7.90. The molecule has 3 aromatic rings. The predicted molar refractivity (Wildman–Crippen MR) is 146 cm³/mol. The Bertz CT molecular complexity index is 1360. The highest BCUT2D eigenvalue weighted by Crippen LogP contribution is 2.42. The Morgan fingerprint density at radius 3 is 2.32 bits per heavy atom. The summed E-state index contributed by atoms with van der Waals surface area (Å²) in [6, 6.07) is 19.1. The highest BCUT2D eigenvalue weighted by atomic mass is 16.5. The number of nitrogens with zero attached hydrogens (tertiary/aromatic N) is 2. The quantitative estimate of drug-likeness (QED) is 0.249. The molecule has 1 N–H and O–H groups in total. The number of aliphatic hydroxyl groups is 1. The number of carbonyl (C=O) groups is 2. The van der Waals surface area contributed by atoms with Crippen molar-refractivity contribution >= 4 is 23.1 Å². The van der Waals surface area contributed by atoms with Crippen LogP contribution in [0.4, 0.5) is 5.69 Å². The van der Waals surface area contributed by atoms with Crippen molar-refractivity contribution in [2.24, 2.45) is 0 Å². The summed E-state index contributed by atoms with van der Waals surface area (Å²) < 4.78 is 16.4. The van der Waals surface area contributed by atoms with E-state index in [1.165, 1.54) is 19.1 Å². The van der Waals surface area contributed by atoms with Gasteiger partial charge in [-0.2, -0.15) is 0 Å². The molecule has 0 saturated carbocycles. The molecule has 1 amide bonds. The van der Waals surface area contributed by atoms with E-state index in [-0.39, 0.29) is 17.9 Å². The normalized spacial score (nSPS) is 16.4. The maximum Gasteiger partial charge on any atom is 0.295 e. The van der Waals surface area contributed by atoms with Crippen molar-refractivity contribution in [1.29, 1.82) is 0 Å². The Morgan fingerprint density at radius 1 is 0.947 bits per heavy atom. The molecule has 8 nitrogen and oxygen atoms in total. The van der Waals surface area contributed by atoms with Crippen LogP contribution in [0.1, 0.15) is 29.7 Å². The lowest BCUT2D eigenvalue weighted by atomic mass is 9.94. The SMILES string of the molecule is CCOc1cccc(CN2C(=O)C(=O)/C(=C(\O)c3ccc(OC)cc3OC)C2c2ccc(N(C)C)cc2)c1. The molecule has 1 heterocycles. The number of hydrogen-bond donors (Lipinski definition) is 1. The number of anilines is 1. The minimum Gasteiger partial charge on any atom is -0.507 e. The molecule has 0 spiro atoms. The summed E-state index contributed by atoms with van der Waals surface area (Å²) in [6.07, 6.45) is 0. The second-order valence-electron chi connectivity index (χ2n) is 9.06. The zero-order valence-electron chi connectivity index (χ0n) is 22.2. The number of likely N-dealkylation sites (tertiary alicyclic amines) is 1. The van der Waals surface area contributed by atoms with Crippen LogP contribution in [-0.2, 0) is 16.1 Å². The van der Waals surface area contributed by atoms with Crippen LogP contribution in [0.25, 0.3) is 5.76 Å². The summed E-state index contributed by atoms with van der Waals surface area (Å²) in [5, 5.41) is 11.5. The summed E-state index contributed by atoms with van der Waals surface area (Å²) in [7, 11) is 6.86. The number of methoxy groups -OCH3 is 2. The number of ether oxygens (including phenoxy) is 3. The van der Waals surface area contributed by atoms with Gasteiger partial charge in [0.2, 0.25) is 0 Å². The molecule has 0 radical (unpaired) electrons. The number of aliphatic hydroxyl groups excluding tert-OH is 1. The van der Waals surface area contributed by atoms with Gasteiger partial charge in [0, 0.05) is 32.4 Å². The highest BCUT2D eigenvalue weighted by Gasteiger charge is 2.46. The first-order chi connectivity index (χ1) is 18.3. The number of ketones is 1. The third-order valence-corrected chi connectivity index (χ3v) is 6.49. The van der Waals surface area contributed by atoms with Crippen molar-refractivity contribution in [2.45, 2.75) is 19.5 Å². The number of benzene rings is 3. The summed E-state index contributed by atoms with van der Waals surface area (Å²) >= 11 is 0. The average Bonchev–Trinajstić information content (AvgIpc) is 3.17. The summed E-state index contributed by atoms with van der Waals surface area (Å²) in [6.45, 7) is 2.56. The van der Waals surface area contributed by atoms with Crippen molar-refractivity contribution in [3.05, 3.63) is 89.0 Å². The fourth-order valence-electron chi connectivity index (χ4n) is 4.58. The lowest BCUT2D eigenvalue weighted by molar-refractivity contribution is -0.140. The number of carbonyl (C=O) groups excluding carboxylic acids is 2. The zero-order chi connectivity index (χ0) is 27.4. The summed E-state index contributed by atoms with van der Waals surface area (Å²) in [5.74, 6) is -0.236. The third-order valence-electron chi connectivity index (χ3n) is 6.49. The van der Waals surface area contributed by atoms with E-state index in [2.05, 4.69) is 0 Å². The van der Waals surface area contributed by atoms with Crippen LogP contribution in [-0.4, -0.2) is 56.6 Å². The molecule has 1 fully saturated rings. The van der Waals surface area contributed by atoms with Crippen LogP contribution in [0.3, 0.4) is 0 Å². The van der Waals surface area contributed by atoms with Gasteiger partial charge in [0.25, 0.3) is 11.7 Å². The van der Waals surface area contributed by atoms with Crippen LogP contribution in [0.5, 0.6) is 17.2 Å². The van der Waals surface area contributed by atoms with Gasteiger partial charge in [0.15, 0.2) is 0 Å². The monoisotopic (exact) mass is 516 g/mol. The van der Waals surface area contributed by atoms with E-state index >= 15 is 0 Å². The molecule has 1 aliphatic heterocycles. The molecule has 1 saturated heterocycles. The zero-order valence-corrected chi connectivity index (χ0v) is 22.2. The van der Waals surface area contributed by atoms with Crippen LogP contribution < -0.4 is 19.1 Å². The molecule has 0 aliphatic carbocycles. The molecule has 1 aliphatic rings. The summed E-state index contributed by atoms with van der Waals surface area (Å²) in [5.41, 5.74) is 2.75. The first kappa shape index (κ1) is 26.6. The van der Waals surface area contributed by atoms with Crippen LogP contribution >= 0.6 is 0 Å². The second kappa shape index (κ2) is 11.3. The van der Waals surface area contributed by atoms with Crippen LogP contribution in [0, 0.1) is 0 Å². The van der Waals surface area contributed by atoms with E-state index in [0.29, 0.717) is 35.0 Å². The van der Waals surface area contributed by atoms with Crippen LogP contribution in [0.15, 0.2) is 72.3 Å². The van der Waals surface area contributed by atoms with Crippen molar-refractivity contribution in [3.8, 4) is 17.2 Å². The van der Waals surface area contributed by atoms with E-state index in [0.717, 1.165) is 11.3 Å². The molecule has 3 aromatic carbocycles. The molecule has 198 valence electrons. The molecular weight excluding hydrogens is 484 g/mol. The minimum absolute atomic E-state index is 0.00275. The first-order valence-electron chi connectivity index (χ1n) is 12.3. The van der Waals surface area contributed by atoms with E-state index in [4.69, 9.17) is 14.2 Å². The largest absolute Gasteiger partial charge is 0.507 e. The van der Waals surface area contributed by atoms with Gasteiger partial charge >= 0.3 is 0 Å². The van der Waals surface area contributed by atoms with Gasteiger partial charge in [0.05, 0.1) is 38.0 Å². The first-order valence-corrected chi connectivity index (χ1v) is 12.3. The van der Waals surface area contributed by atoms with E-state index in [1.54, 1.807) is 18.2 Å². The molecule has 0 aromatic heterocycles. The van der Waals surface area contributed by atoms with Crippen molar-refractivity contribution in [3.63, 3.8) is 0 Å². The smallest absolute Gasteiger partial charge is 0.295 e. The molecule has 1 atom stereocenters. The molecule has 4 rings (SSSR count). The maximum atomic E-state index is 13.5. The summed E-state index contributed by atoms with van der Waals surface area (Å²) in [4.78, 5) is 30.3. The van der Waals surface area contributed by atoms with E-state index in [9.17, 15) is 14.7 Å². The van der Waals surface area contributed by atoms with Crippen molar-refractivity contribution in [1.82, 2.24) is 4.90 Å². The van der Waals surface area contributed by atoms with Gasteiger partial charge in [-0.3, -0.25) is 9.59 Å². The van der Waals surface area contributed by atoms with E-state index < -0.39 is 17.7 Å². The maximum absolute atomic E-state index is 13.5. The number of rotatable bonds is 9. The Hall–Kier alpha value is -4.46. The number of amides is 1. The molecule has 8 heteroatoms. The van der Waals surface area contributed by atoms with Crippen molar-refractivity contribution in [2.75, 3.05) is 39.8 Å². The number of Topliss-reactive ketones (excluding diaryl/α,β-unsaturated/α-hetero) is 1. The van der Waals surface area contributed by atoms with Crippen LogP contribution in [0.2, 0.25) is 0 Å². The molecule has 1 unspecified atom stereocenters. The average molecular weight is 517 g/mol. The minimum atomic E-state index is -0.811. The van der Waals surface area contributed by atoms with Gasteiger partial charge in [-0.05, 0) is 54.4 Å². The molecule has 0 bridgehead atoms. The molecule has 38 heavy (non-hydrogen) atoms. The Labute approximate surface area is 222 Å². The third kappa shape index (κ3) is 5.16. The molecular formula is C30H32N2O6. The fraction of sp³-hybridized carbons (Fsp3) is 0.267. The Balaban J connectivity index is 1.86. The lowest BCUT2D eigenvalue weighted by Gasteiger charge is -2.26. The van der Waals surface area contributed by atoms with Gasteiger partial charge in [-0.1, -0.05) is 24.3 Å². The van der Waals surface area contributed by atoms with Gasteiger partial charge < -0.3 is 29.1 Å². The Morgan fingerprint density at radius 2 is 1.68 bits per heavy atom. The lowest BCUT2D eigenvalue weighted by Crippen LogP contribution is -2.29. The second-order valence-corrected chi connectivity index (χ2v) is 9.06. The highest BCUT2D eigenvalue weighted by molar-refractivity contribution is 6.46. The van der Waals surface area contributed by atoms with E-state index in [1.807, 2.05) is 74.4 Å². The van der Waals surface area contributed by atoms with Gasteiger partial charge in [-0.25, -0.2) is 0 Å². The standard InChI is InChI=1S/C30H32N2O6/c1-6-38-23-9-7-8-19(16-23)18-32-27(20-10-12-21(13-11-20)31(2)3)26(29(34)30(32)35)28(33)24-15-14-22(36-4)17-25(24)37-5/h7-17,27,33H,6,18H2,1-5H3/b28-26-. The topological polar surface area (TPSA) is 88.5 Å². The fourth-order valence-corrected chi connectivity index (χ4v) is 4.58. The van der Waals surface area contributed by atoms with Crippen molar-refractivity contribution < 1.29 is 28.9 Å². The predicted octanol–water partition coefficient (Wildman–Crippen LogP) is 4.79. The van der Waals surface area contributed by atoms with Gasteiger partial charge in [-0.15, -0.1) is 0 Å². The van der Waals surface area contributed by atoms with Gasteiger partial charge in [0.1, 0.15) is 23.0 Å². The number of hydrogen-bond acceptors (Lipinski definition) is 7.